The lowest BCUT2D eigenvalue weighted by Crippen LogP contribution is -2.52. The molecule has 1 saturated heterocycles. The van der Waals surface area contributed by atoms with Crippen molar-refractivity contribution in [2.24, 2.45) is 5.92 Å². The van der Waals surface area contributed by atoms with E-state index >= 15 is 0 Å². The average Bonchev–Trinajstić information content (AvgIpc) is 2.88. The molecule has 1 aromatic carbocycles. The number of hydrogen-bond acceptors (Lipinski definition) is 3. The summed E-state index contributed by atoms with van der Waals surface area (Å²) in [5, 5.41) is 2.95. The summed E-state index contributed by atoms with van der Waals surface area (Å²) in [6.07, 6.45) is 0. The van der Waals surface area contributed by atoms with Crippen LogP contribution in [-0.2, 0) is 4.79 Å². The van der Waals surface area contributed by atoms with Gasteiger partial charge in [-0.05, 0) is 31.4 Å². The van der Waals surface area contributed by atoms with Crippen LogP contribution in [0, 0.1) is 5.92 Å². The zero-order chi connectivity index (χ0) is 16.1. The fraction of sp³-hybridized carbons (Fsp3) is 0.529. The van der Waals surface area contributed by atoms with Crippen LogP contribution in [0.5, 0.6) is 0 Å². The SMILES string of the molecule is CC(C)CNC(=O)[C@@H]1N2C(=O)c3ccccc3[C@H]2SC1(C)C. The van der Waals surface area contributed by atoms with Gasteiger partial charge < -0.3 is 10.2 Å². The van der Waals surface area contributed by atoms with Gasteiger partial charge in [0.15, 0.2) is 0 Å². The highest BCUT2D eigenvalue weighted by molar-refractivity contribution is 8.01. The van der Waals surface area contributed by atoms with Gasteiger partial charge in [-0.25, -0.2) is 0 Å². The fourth-order valence-corrected chi connectivity index (χ4v) is 4.79. The van der Waals surface area contributed by atoms with Crippen molar-refractivity contribution in [2.45, 2.75) is 43.9 Å². The second kappa shape index (κ2) is 5.30. The summed E-state index contributed by atoms with van der Waals surface area (Å²) in [4.78, 5) is 27.2. The standard InChI is InChI=1S/C17H22N2O2S/c1-10(2)9-18-14(20)13-17(3,4)22-16-12-8-6-5-7-11(12)15(21)19(13)16/h5-8,10,13,16H,9H2,1-4H3,(H,18,20)/t13-,16+/m0/s1. The lowest BCUT2D eigenvalue weighted by Gasteiger charge is -2.29. The van der Waals surface area contributed by atoms with Crippen LogP contribution in [0.4, 0.5) is 0 Å². The number of carbonyl (C=O) groups excluding carboxylic acids is 2. The minimum Gasteiger partial charge on any atom is -0.354 e. The Labute approximate surface area is 135 Å². The van der Waals surface area contributed by atoms with Crippen molar-refractivity contribution in [1.82, 2.24) is 10.2 Å². The molecular formula is C17H22N2O2S. The number of nitrogens with zero attached hydrogens (tertiary/aromatic N) is 1. The normalized spacial score (nSPS) is 25.3. The maximum absolute atomic E-state index is 12.8. The molecule has 2 aliphatic heterocycles. The number of benzene rings is 1. The van der Waals surface area contributed by atoms with Crippen molar-refractivity contribution < 1.29 is 9.59 Å². The quantitative estimate of drug-likeness (QED) is 0.932. The minimum atomic E-state index is -0.429. The minimum absolute atomic E-state index is 0.0247. The van der Waals surface area contributed by atoms with E-state index < -0.39 is 6.04 Å². The first kappa shape index (κ1) is 15.4. The Kier molecular flexibility index (Phi) is 3.71. The summed E-state index contributed by atoms with van der Waals surface area (Å²) >= 11 is 1.70. The molecule has 4 nitrogen and oxygen atoms in total. The first-order chi connectivity index (χ1) is 10.3. The Morgan fingerprint density at radius 2 is 2.05 bits per heavy atom. The number of amides is 2. The Morgan fingerprint density at radius 3 is 2.73 bits per heavy atom. The van der Waals surface area contributed by atoms with E-state index in [9.17, 15) is 9.59 Å². The molecule has 1 N–H and O–H groups in total. The summed E-state index contributed by atoms with van der Waals surface area (Å²) in [7, 11) is 0. The molecule has 22 heavy (non-hydrogen) atoms. The largest absolute Gasteiger partial charge is 0.354 e. The second-order valence-electron chi connectivity index (χ2n) is 6.91. The monoisotopic (exact) mass is 318 g/mol. The van der Waals surface area contributed by atoms with E-state index in [1.807, 2.05) is 38.1 Å². The lowest BCUT2D eigenvalue weighted by atomic mass is 10.0. The smallest absolute Gasteiger partial charge is 0.256 e. The Hall–Kier alpha value is -1.49. The third-order valence-electron chi connectivity index (χ3n) is 4.23. The summed E-state index contributed by atoms with van der Waals surface area (Å²) < 4.78 is -0.297. The lowest BCUT2D eigenvalue weighted by molar-refractivity contribution is -0.126. The number of nitrogens with one attached hydrogen (secondary N) is 1. The molecule has 0 spiro atoms. The first-order valence-electron chi connectivity index (χ1n) is 7.70. The van der Waals surface area contributed by atoms with E-state index in [0.717, 1.165) is 11.1 Å². The second-order valence-corrected chi connectivity index (χ2v) is 8.65. The van der Waals surface area contributed by atoms with Crippen LogP contribution < -0.4 is 5.32 Å². The van der Waals surface area contributed by atoms with Gasteiger partial charge in [-0.1, -0.05) is 32.0 Å². The Bertz CT molecular complexity index is 627. The van der Waals surface area contributed by atoms with Gasteiger partial charge in [0.05, 0.1) is 0 Å². The molecule has 0 aliphatic carbocycles. The molecule has 5 heteroatoms. The van der Waals surface area contributed by atoms with Crippen LogP contribution >= 0.6 is 11.8 Å². The molecule has 1 aromatic rings. The van der Waals surface area contributed by atoms with E-state index in [1.54, 1.807) is 16.7 Å². The van der Waals surface area contributed by atoms with Crippen molar-refractivity contribution in [2.75, 3.05) is 6.54 Å². The highest BCUT2D eigenvalue weighted by Gasteiger charge is 2.57. The third-order valence-corrected chi connectivity index (χ3v) is 5.76. The topological polar surface area (TPSA) is 49.4 Å². The van der Waals surface area contributed by atoms with E-state index in [0.29, 0.717) is 12.5 Å². The number of rotatable bonds is 3. The van der Waals surface area contributed by atoms with Crippen LogP contribution in [0.1, 0.15) is 49.0 Å². The van der Waals surface area contributed by atoms with Crippen LogP contribution in [0.15, 0.2) is 24.3 Å². The zero-order valence-corrected chi connectivity index (χ0v) is 14.2. The zero-order valence-electron chi connectivity index (χ0n) is 13.4. The Balaban J connectivity index is 1.92. The molecule has 1 fully saturated rings. The molecule has 0 saturated carbocycles. The molecule has 0 aromatic heterocycles. The van der Waals surface area contributed by atoms with Crippen molar-refractivity contribution in [3.8, 4) is 0 Å². The molecule has 2 aliphatic rings. The number of carbonyl (C=O) groups is 2. The molecule has 118 valence electrons. The van der Waals surface area contributed by atoms with E-state index in [1.165, 1.54) is 0 Å². The molecule has 2 amide bonds. The molecule has 3 rings (SSSR count). The van der Waals surface area contributed by atoms with Crippen LogP contribution in [0.2, 0.25) is 0 Å². The first-order valence-corrected chi connectivity index (χ1v) is 8.58. The van der Waals surface area contributed by atoms with E-state index in [2.05, 4.69) is 19.2 Å². The molecule has 2 atom stereocenters. The summed E-state index contributed by atoms with van der Waals surface area (Å²) in [6, 6.07) is 7.25. The predicted molar refractivity (Wildman–Crippen MR) is 88.7 cm³/mol. The molecule has 2 heterocycles. The summed E-state index contributed by atoms with van der Waals surface area (Å²) in [5.74, 6) is 0.321. The maximum Gasteiger partial charge on any atom is 0.256 e. The molecule has 0 unspecified atom stereocenters. The van der Waals surface area contributed by atoms with Gasteiger partial charge in [-0.15, -0.1) is 11.8 Å². The number of hydrogen-bond donors (Lipinski definition) is 1. The highest BCUT2D eigenvalue weighted by Crippen LogP contribution is 2.56. The van der Waals surface area contributed by atoms with Gasteiger partial charge in [-0.3, -0.25) is 9.59 Å². The van der Waals surface area contributed by atoms with Gasteiger partial charge in [0, 0.05) is 16.9 Å². The van der Waals surface area contributed by atoms with E-state index in [4.69, 9.17) is 0 Å². The average molecular weight is 318 g/mol. The maximum atomic E-state index is 12.8. The van der Waals surface area contributed by atoms with Gasteiger partial charge >= 0.3 is 0 Å². The van der Waals surface area contributed by atoms with Gasteiger partial charge in [0.1, 0.15) is 11.4 Å². The van der Waals surface area contributed by atoms with Crippen molar-refractivity contribution in [3.05, 3.63) is 35.4 Å². The van der Waals surface area contributed by atoms with E-state index in [-0.39, 0.29) is 21.9 Å². The Morgan fingerprint density at radius 1 is 1.36 bits per heavy atom. The van der Waals surface area contributed by atoms with Crippen molar-refractivity contribution in [1.29, 1.82) is 0 Å². The van der Waals surface area contributed by atoms with Crippen LogP contribution in [-0.4, -0.2) is 34.0 Å². The number of thioether (sulfide) groups is 1. The van der Waals surface area contributed by atoms with Crippen molar-refractivity contribution >= 4 is 23.6 Å². The third kappa shape index (κ3) is 2.32. The summed E-state index contributed by atoms with van der Waals surface area (Å²) in [5.41, 5.74) is 1.77. The molecule has 0 bridgehead atoms. The summed E-state index contributed by atoms with van der Waals surface area (Å²) in [6.45, 7) is 8.86. The highest BCUT2D eigenvalue weighted by atomic mass is 32.2. The van der Waals surface area contributed by atoms with Gasteiger partial charge in [0.25, 0.3) is 5.91 Å². The molecule has 0 radical (unpaired) electrons. The fourth-order valence-electron chi connectivity index (χ4n) is 3.21. The van der Waals surface area contributed by atoms with Crippen LogP contribution in [0.25, 0.3) is 0 Å². The molecular weight excluding hydrogens is 296 g/mol. The van der Waals surface area contributed by atoms with Gasteiger partial charge in [-0.2, -0.15) is 0 Å². The predicted octanol–water partition coefficient (Wildman–Crippen LogP) is 2.81. The van der Waals surface area contributed by atoms with Crippen molar-refractivity contribution in [3.63, 3.8) is 0 Å². The van der Waals surface area contributed by atoms with Gasteiger partial charge in [0.2, 0.25) is 5.91 Å². The van der Waals surface area contributed by atoms with Crippen LogP contribution in [0.3, 0.4) is 0 Å². The number of fused-ring (bicyclic) bond motifs is 3.